The fourth-order valence-corrected chi connectivity index (χ4v) is 2.07. The van der Waals surface area contributed by atoms with E-state index in [1.165, 1.54) is 12.1 Å². The monoisotopic (exact) mass is 300 g/mol. The second-order valence-corrected chi connectivity index (χ2v) is 5.00. The van der Waals surface area contributed by atoms with E-state index >= 15 is 0 Å². The van der Waals surface area contributed by atoms with Crippen LogP contribution in [0.4, 0.5) is 4.39 Å². The molecule has 2 N–H and O–H groups in total. The molecule has 4 nitrogen and oxygen atoms in total. The summed E-state index contributed by atoms with van der Waals surface area (Å²) >= 11 is 0. The number of nitrogens with zero attached hydrogens (tertiary/aromatic N) is 2. The van der Waals surface area contributed by atoms with E-state index in [4.69, 9.17) is 0 Å². The van der Waals surface area contributed by atoms with E-state index in [1.807, 2.05) is 19.1 Å². The molecule has 5 heteroatoms. The molecular formula is C17H21FN4. The quantitative estimate of drug-likeness (QED) is 0.658. The largest absolute Gasteiger partial charge is 0.356 e. The molecule has 2 rings (SSSR count). The Bertz CT molecular complexity index is 623. The van der Waals surface area contributed by atoms with Crippen molar-refractivity contribution in [2.75, 3.05) is 13.6 Å². The number of hydrogen-bond acceptors (Lipinski definition) is 2. The second kappa shape index (κ2) is 8.12. The number of pyridine rings is 1. The van der Waals surface area contributed by atoms with E-state index < -0.39 is 0 Å². The first-order valence-corrected chi connectivity index (χ1v) is 7.28. The highest BCUT2D eigenvalue weighted by atomic mass is 19.1. The summed E-state index contributed by atoms with van der Waals surface area (Å²) in [5.74, 6) is 0.520. The number of aliphatic imine (C=N–C) groups is 1. The Labute approximate surface area is 130 Å². The van der Waals surface area contributed by atoms with Crippen LogP contribution in [0.25, 0.3) is 0 Å². The first-order chi connectivity index (χ1) is 10.7. The fourth-order valence-electron chi connectivity index (χ4n) is 2.07. The molecule has 0 saturated heterocycles. The molecule has 0 atom stereocenters. The summed E-state index contributed by atoms with van der Waals surface area (Å²) in [6.45, 7) is 3.39. The minimum atomic E-state index is -0.208. The number of benzene rings is 1. The van der Waals surface area contributed by atoms with Gasteiger partial charge < -0.3 is 10.6 Å². The molecule has 0 amide bonds. The average Bonchev–Trinajstić information content (AvgIpc) is 2.54. The third-order valence-corrected chi connectivity index (χ3v) is 3.38. The van der Waals surface area contributed by atoms with Crippen LogP contribution in [0.3, 0.4) is 0 Å². The molecule has 0 unspecified atom stereocenters. The van der Waals surface area contributed by atoms with Crippen LogP contribution < -0.4 is 10.6 Å². The number of halogens is 1. The number of aryl methyl sites for hydroxylation is 1. The van der Waals surface area contributed by atoms with Crippen molar-refractivity contribution in [1.29, 1.82) is 0 Å². The summed E-state index contributed by atoms with van der Waals surface area (Å²) in [5, 5.41) is 6.48. The first kappa shape index (κ1) is 15.9. The van der Waals surface area contributed by atoms with Crippen LogP contribution in [0.15, 0.2) is 47.6 Å². The van der Waals surface area contributed by atoms with Gasteiger partial charge in [-0.2, -0.15) is 0 Å². The van der Waals surface area contributed by atoms with E-state index in [-0.39, 0.29) is 5.82 Å². The van der Waals surface area contributed by atoms with Crippen LogP contribution in [0.2, 0.25) is 0 Å². The maximum absolute atomic E-state index is 12.8. The first-order valence-electron chi connectivity index (χ1n) is 7.28. The van der Waals surface area contributed by atoms with Gasteiger partial charge in [0.05, 0.1) is 12.2 Å². The third-order valence-electron chi connectivity index (χ3n) is 3.38. The van der Waals surface area contributed by atoms with Crippen LogP contribution >= 0.6 is 0 Å². The van der Waals surface area contributed by atoms with Crippen molar-refractivity contribution in [2.45, 2.75) is 19.9 Å². The summed E-state index contributed by atoms with van der Waals surface area (Å²) in [7, 11) is 1.73. The van der Waals surface area contributed by atoms with Gasteiger partial charge in [0.1, 0.15) is 5.82 Å². The van der Waals surface area contributed by atoms with Crippen molar-refractivity contribution in [3.63, 3.8) is 0 Å². The molecule has 1 heterocycles. The van der Waals surface area contributed by atoms with Crippen LogP contribution in [0.5, 0.6) is 0 Å². The van der Waals surface area contributed by atoms with E-state index in [9.17, 15) is 4.39 Å². The summed E-state index contributed by atoms with van der Waals surface area (Å²) in [4.78, 5) is 8.52. The van der Waals surface area contributed by atoms with Gasteiger partial charge in [-0.3, -0.25) is 9.98 Å². The SMILES string of the molecule is CN=C(NCCc1ccc(F)cc1)NCc1ncccc1C. The molecule has 0 aliphatic carbocycles. The Morgan fingerprint density at radius 3 is 2.64 bits per heavy atom. The molecule has 2 aromatic rings. The van der Waals surface area contributed by atoms with Gasteiger partial charge in [0, 0.05) is 19.8 Å². The molecule has 116 valence electrons. The Morgan fingerprint density at radius 1 is 1.18 bits per heavy atom. The summed E-state index contributed by atoms with van der Waals surface area (Å²) < 4.78 is 12.8. The molecule has 1 aromatic heterocycles. The lowest BCUT2D eigenvalue weighted by Crippen LogP contribution is -2.38. The highest BCUT2D eigenvalue weighted by Crippen LogP contribution is 2.03. The smallest absolute Gasteiger partial charge is 0.191 e. The molecule has 0 bridgehead atoms. The van der Waals surface area contributed by atoms with Gasteiger partial charge in [-0.05, 0) is 42.7 Å². The van der Waals surface area contributed by atoms with Crippen LogP contribution in [-0.4, -0.2) is 24.5 Å². The lowest BCUT2D eigenvalue weighted by atomic mass is 10.1. The average molecular weight is 300 g/mol. The van der Waals surface area contributed by atoms with Gasteiger partial charge in [-0.1, -0.05) is 18.2 Å². The van der Waals surface area contributed by atoms with E-state index in [0.29, 0.717) is 6.54 Å². The number of hydrogen-bond donors (Lipinski definition) is 2. The molecule has 0 radical (unpaired) electrons. The van der Waals surface area contributed by atoms with Crippen molar-refractivity contribution in [2.24, 2.45) is 4.99 Å². The molecule has 0 saturated carbocycles. The van der Waals surface area contributed by atoms with Crippen LogP contribution in [0, 0.1) is 12.7 Å². The van der Waals surface area contributed by atoms with Crippen LogP contribution in [-0.2, 0) is 13.0 Å². The Kier molecular flexibility index (Phi) is 5.89. The number of rotatable bonds is 5. The van der Waals surface area contributed by atoms with E-state index in [0.717, 1.165) is 35.7 Å². The van der Waals surface area contributed by atoms with Gasteiger partial charge in [0.2, 0.25) is 0 Å². The predicted molar refractivity (Wildman–Crippen MR) is 87.3 cm³/mol. The molecule has 22 heavy (non-hydrogen) atoms. The summed E-state index contributed by atoms with van der Waals surface area (Å²) in [6.07, 6.45) is 2.60. The molecular weight excluding hydrogens is 279 g/mol. The van der Waals surface area contributed by atoms with Crippen molar-refractivity contribution in [3.8, 4) is 0 Å². The molecule has 0 spiro atoms. The van der Waals surface area contributed by atoms with Gasteiger partial charge in [0.15, 0.2) is 5.96 Å². The summed E-state index contributed by atoms with van der Waals surface area (Å²) in [6, 6.07) is 10.5. The Balaban J connectivity index is 1.78. The van der Waals surface area contributed by atoms with Crippen LogP contribution in [0.1, 0.15) is 16.8 Å². The van der Waals surface area contributed by atoms with E-state index in [1.54, 1.807) is 25.4 Å². The molecule has 0 aliphatic rings. The highest BCUT2D eigenvalue weighted by Gasteiger charge is 2.01. The molecule has 0 fully saturated rings. The third kappa shape index (κ3) is 4.84. The number of guanidine groups is 1. The maximum Gasteiger partial charge on any atom is 0.191 e. The zero-order valence-corrected chi connectivity index (χ0v) is 12.9. The van der Waals surface area contributed by atoms with Gasteiger partial charge in [-0.15, -0.1) is 0 Å². The van der Waals surface area contributed by atoms with Gasteiger partial charge in [0.25, 0.3) is 0 Å². The zero-order valence-electron chi connectivity index (χ0n) is 12.9. The van der Waals surface area contributed by atoms with Crippen molar-refractivity contribution in [1.82, 2.24) is 15.6 Å². The highest BCUT2D eigenvalue weighted by molar-refractivity contribution is 5.79. The van der Waals surface area contributed by atoms with Gasteiger partial charge in [-0.25, -0.2) is 4.39 Å². The second-order valence-electron chi connectivity index (χ2n) is 5.00. The summed E-state index contributed by atoms with van der Waals surface area (Å²) in [5.41, 5.74) is 3.24. The molecule has 1 aromatic carbocycles. The van der Waals surface area contributed by atoms with Crippen molar-refractivity contribution < 1.29 is 4.39 Å². The minimum absolute atomic E-state index is 0.208. The predicted octanol–water partition coefficient (Wildman–Crippen LogP) is 2.44. The topological polar surface area (TPSA) is 49.3 Å². The lowest BCUT2D eigenvalue weighted by molar-refractivity contribution is 0.626. The maximum atomic E-state index is 12.8. The normalized spacial score (nSPS) is 11.3. The van der Waals surface area contributed by atoms with Gasteiger partial charge >= 0.3 is 0 Å². The number of nitrogens with one attached hydrogen (secondary N) is 2. The van der Waals surface area contributed by atoms with E-state index in [2.05, 4.69) is 20.6 Å². The lowest BCUT2D eigenvalue weighted by Gasteiger charge is -2.12. The Morgan fingerprint density at radius 2 is 1.95 bits per heavy atom. The standard InChI is InChI=1S/C17H21FN4/c1-13-4-3-10-20-16(13)12-22-17(19-2)21-11-9-14-5-7-15(18)8-6-14/h3-8,10H,9,11-12H2,1-2H3,(H2,19,21,22). The van der Waals surface area contributed by atoms with Crippen molar-refractivity contribution in [3.05, 3.63) is 65.2 Å². The Hall–Kier alpha value is -2.43. The number of aromatic nitrogens is 1. The minimum Gasteiger partial charge on any atom is -0.356 e. The van der Waals surface area contributed by atoms with Crippen molar-refractivity contribution >= 4 is 5.96 Å². The fraction of sp³-hybridized carbons (Fsp3) is 0.294. The zero-order chi connectivity index (χ0) is 15.8. The molecule has 0 aliphatic heterocycles.